The Labute approximate surface area is 220 Å². The lowest BCUT2D eigenvalue weighted by Gasteiger charge is -2.46. The van der Waals surface area contributed by atoms with E-state index in [2.05, 4.69) is 4.98 Å². The summed E-state index contributed by atoms with van der Waals surface area (Å²) in [5.74, 6) is -1.75. The van der Waals surface area contributed by atoms with Crippen molar-refractivity contribution in [3.05, 3.63) is 22.7 Å². The first-order valence-electron chi connectivity index (χ1n) is 11.8. The fourth-order valence-electron chi connectivity index (χ4n) is 4.40. The molecular formula is C20H33N4O14P. The molecular weight excluding hydrogens is 551 g/mol. The van der Waals surface area contributed by atoms with Crippen molar-refractivity contribution < 1.29 is 64.0 Å². The number of nitrogens with two attached hydrogens (primary N) is 2. The van der Waals surface area contributed by atoms with Gasteiger partial charge in [-0.15, -0.1) is 0 Å². The Morgan fingerprint density at radius 2 is 1.97 bits per heavy atom. The van der Waals surface area contributed by atoms with Gasteiger partial charge in [0.2, 0.25) is 0 Å². The molecule has 2 aliphatic heterocycles. The number of ether oxygens (including phenoxy) is 2. The van der Waals surface area contributed by atoms with Gasteiger partial charge in [-0.05, 0) is 12.5 Å². The van der Waals surface area contributed by atoms with E-state index in [0.717, 1.165) is 4.57 Å². The van der Waals surface area contributed by atoms with E-state index in [1.165, 1.54) is 12.3 Å². The zero-order chi connectivity index (χ0) is 29.3. The topological polar surface area (TPSA) is 311 Å². The molecule has 2 fully saturated rings. The van der Waals surface area contributed by atoms with Crippen molar-refractivity contribution in [3.8, 4) is 0 Å². The number of carbonyl (C=O) groups is 1. The molecule has 1 aromatic heterocycles. The molecule has 11 atom stereocenters. The predicted molar refractivity (Wildman–Crippen MR) is 127 cm³/mol. The van der Waals surface area contributed by atoms with Crippen LogP contribution < -0.4 is 17.2 Å². The number of aliphatic hydroxyl groups is 6. The largest absolute Gasteiger partial charge is 0.479 e. The Bertz CT molecular complexity index is 1120. The molecule has 2 saturated heterocycles. The minimum absolute atomic E-state index is 0.0913. The number of aliphatic hydroxyl groups excluding tert-OH is 6. The first kappa shape index (κ1) is 31.5. The highest BCUT2D eigenvalue weighted by Gasteiger charge is 2.54. The summed E-state index contributed by atoms with van der Waals surface area (Å²) in [6, 6.07) is -0.103. The molecule has 0 spiro atoms. The number of anilines is 1. The average Bonchev–Trinajstić information content (AvgIpc) is 3.15. The summed E-state index contributed by atoms with van der Waals surface area (Å²) in [6.45, 7) is -1.67. The molecule has 3 rings (SSSR count). The lowest BCUT2D eigenvalue weighted by atomic mass is 9.82. The maximum atomic E-state index is 12.7. The van der Waals surface area contributed by atoms with Crippen LogP contribution in [0.1, 0.15) is 19.1 Å². The molecule has 0 aromatic carbocycles. The van der Waals surface area contributed by atoms with Gasteiger partial charge in [0, 0.05) is 12.6 Å². The summed E-state index contributed by atoms with van der Waals surface area (Å²) < 4.78 is 29.4. The molecule has 39 heavy (non-hydrogen) atoms. The van der Waals surface area contributed by atoms with E-state index in [0.29, 0.717) is 0 Å². The van der Waals surface area contributed by atoms with Gasteiger partial charge in [-0.25, -0.2) is 9.59 Å². The second-order valence-corrected chi connectivity index (χ2v) is 11.4. The summed E-state index contributed by atoms with van der Waals surface area (Å²) in [7, 11) is -4.63. The quantitative estimate of drug-likeness (QED) is 0.109. The highest BCUT2D eigenvalue weighted by molar-refractivity contribution is 7.52. The monoisotopic (exact) mass is 584 g/mol. The Morgan fingerprint density at radius 3 is 2.56 bits per heavy atom. The second kappa shape index (κ2) is 12.2. The van der Waals surface area contributed by atoms with E-state index >= 15 is 0 Å². The number of hydrogen-bond donors (Lipinski definition) is 10. The third-order valence-corrected chi connectivity index (χ3v) is 8.07. The van der Waals surface area contributed by atoms with E-state index < -0.39 is 112 Å². The number of nitrogen functional groups attached to an aromatic ring is 1. The fourth-order valence-corrected chi connectivity index (χ4v) is 5.56. The van der Waals surface area contributed by atoms with Crippen molar-refractivity contribution in [2.75, 3.05) is 25.1 Å². The van der Waals surface area contributed by atoms with Crippen LogP contribution in [0.2, 0.25) is 0 Å². The van der Waals surface area contributed by atoms with Crippen LogP contribution in [0.25, 0.3) is 0 Å². The van der Waals surface area contributed by atoms with Crippen molar-refractivity contribution in [3.63, 3.8) is 0 Å². The van der Waals surface area contributed by atoms with Crippen LogP contribution >= 0.6 is 7.60 Å². The highest BCUT2D eigenvalue weighted by atomic mass is 31.2. The van der Waals surface area contributed by atoms with Crippen molar-refractivity contribution >= 4 is 19.4 Å². The molecule has 1 aromatic rings. The number of hydrogen-bond acceptors (Lipinski definition) is 15. The summed E-state index contributed by atoms with van der Waals surface area (Å²) in [5, 5.41) is 69.8. The number of aliphatic carboxylic acids is 1. The SMILES string of the molecule is Nc1ccn([C@@H]2O[C@H](COP(=O)(O)CC[C@@]3(C(=O)O)C[C@H](O)[C@@H](N)[C@H]([C@H](O)[C@H](O)CO)O3)[C@@H](O)[C@H]2O)c(=O)n1. The summed E-state index contributed by atoms with van der Waals surface area (Å²) in [4.78, 5) is 38.0. The highest BCUT2D eigenvalue weighted by Crippen LogP contribution is 2.47. The molecule has 2 aliphatic rings. The zero-order valence-corrected chi connectivity index (χ0v) is 21.3. The van der Waals surface area contributed by atoms with Gasteiger partial charge in [-0.3, -0.25) is 9.13 Å². The molecule has 222 valence electrons. The van der Waals surface area contributed by atoms with Crippen LogP contribution in [0.5, 0.6) is 0 Å². The first-order valence-corrected chi connectivity index (χ1v) is 13.5. The van der Waals surface area contributed by atoms with Gasteiger partial charge in [-0.1, -0.05) is 0 Å². The fraction of sp³-hybridized carbons (Fsp3) is 0.750. The van der Waals surface area contributed by atoms with Gasteiger partial charge in [0.1, 0.15) is 42.4 Å². The first-order chi connectivity index (χ1) is 18.1. The average molecular weight is 584 g/mol. The Morgan fingerprint density at radius 1 is 1.31 bits per heavy atom. The predicted octanol–water partition coefficient (Wildman–Crippen LogP) is -4.95. The minimum Gasteiger partial charge on any atom is -0.479 e. The Hall–Kier alpha value is -2.06. The van der Waals surface area contributed by atoms with Gasteiger partial charge in [0.15, 0.2) is 11.8 Å². The smallest absolute Gasteiger partial charge is 0.351 e. The van der Waals surface area contributed by atoms with Gasteiger partial charge in [0.05, 0.1) is 31.5 Å². The summed E-state index contributed by atoms with van der Waals surface area (Å²) in [5.41, 5.74) is 8.00. The van der Waals surface area contributed by atoms with Crippen LogP contribution in [-0.4, -0.2) is 130 Å². The van der Waals surface area contributed by atoms with E-state index in [9.17, 15) is 49.7 Å². The molecule has 0 bridgehead atoms. The standard InChI is InChI=1S/C20H33N4O14P/c21-11-1-3-24(19(33)23-11)17-15(30)14(29)10(37-17)7-36-39(34,35)4-2-20(18(31)32)5-8(26)12(22)16(38-20)13(28)9(27)6-25/h1,3,8-10,12-17,25-30H,2,4-7,22H2,(H,31,32)(H,34,35)(H2,21,23,33)/t8-,9+,10+,12+,13+,14+,15+,16+,17+,20-/m0/s1. The van der Waals surface area contributed by atoms with E-state index in [1.807, 2.05) is 0 Å². The molecule has 19 heteroatoms. The van der Waals surface area contributed by atoms with Crippen molar-refractivity contribution in [1.82, 2.24) is 9.55 Å². The lowest BCUT2D eigenvalue weighted by molar-refractivity contribution is -0.226. The molecule has 3 heterocycles. The van der Waals surface area contributed by atoms with Crippen LogP contribution in [0.15, 0.2) is 17.1 Å². The van der Waals surface area contributed by atoms with E-state index in [1.54, 1.807) is 0 Å². The maximum absolute atomic E-state index is 12.7. The third kappa shape index (κ3) is 6.82. The van der Waals surface area contributed by atoms with Crippen LogP contribution in [-0.2, 0) is 23.4 Å². The van der Waals surface area contributed by atoms with Crippen molar-refractivity contribution in [2.45, 2.75) is 73.4 Å². The summed E-state index contributed by atoms with van der Waals surface area (Å²) >= 11 is 0. The van der Waals surface area contributed by atoms with Crippen LogP contribution in [0, 0.1) is 0 Å². The summed E-state index contributed by atoms with van der Waals surface area (Å²) in [6.07, 6.45) is -14.0. The zero-order valence-electron chi connectivity index (χ0n) is 20.4. The Kier molecular flexibility index (Phi) is 9.85. The van der Waals surface area contributed by atoms with Gasteiger partial charge in [-0.2, -0.15) is 4.98 Å². The molecule has 0 radical (unpaired) electrons. The van der Waals surface area contributed by atoms with E-state index in [4.69, 9.17) is 30.6 Å². The molecule has 0 saturated carbocycles. The van der Waals surface area contributed by atoms with E-state index in [-0.39, 0.29) is 5.82 Å². The van der Waals surface area contributed by atoms with Crippen molar-refractivity contribution in [2.24, 2.45) is 5.73 Å². The molecule has 0 amide bonds. The van der Waals surface area contributed by atoms with Gasteiger partial charge < -0.3 is 66.1 Å². The van der Waals surface area contributed by atoms with Crippen molar-refractivity contribution in [1.29, 1.82) is 0 Å². The number of carboxylic acids is 1. The molecule has 12 N–H and O–H groups in total. The van der Waals surface area contributed by atoms with Crippen LogP contribution in [0.3, 0.4) is 0 Å². The lowest BCUT2D eigenvalue weighted by Crippen LogP contribution is -2.65. The third-order valence-electron chi connectivity index (χ3n) is 6.73. The maximum Gasteiger partial charge on any atom is 0.351 e. The number of nitrogens with zero attached hydrogens (tertiary/aromatic N) is 2. The number of carboxylic acid groups (broad SMARTS) is 1. The second-order valence-electron chi connectivity index (χ2n) is 9.47. The normalized spacial score (nSPS) is 36.3. The van der Waals surface area contributed by atoms with Gasteiger partial charge >= 0.3 is 19.3 Å². The number of rotatable bonds is 11. The molecule has 1 unspecified atom stereocenters. The van der Waals surface area contributed by atoms with Crippen LogP contribution in [0.4, 0.5) is 5.82 Å². The molecule has 0 aliphatic carbocycles. The molecule has 18 nitrogen and oxygen atoms in total. The Balaban J connectivity index is 1.67. The minimum atomic E-state index is -4.63. The number of aromatic nitrogens is 2. The van der Waals surface area contributed by atoms with Gasteiger partial charge in [0.25, 0.3) is 0 Å².